The molecule has 0 aliphatic heterocycles. The van der Waals surface area contributed by atoms with Gasteiger partial charge in [-0.15, -0.1) is 0 Å². The van der Waals surface area contributed by atoms with Crippen LogP contribution in [0.25, 0.3) is 0 Å². The zero-order valence-corrected chi connectivity index (χ0v) is 17.6. The van der Waals surface area contributed by atoms with Gasteiger partial charge in [0.25, 0.3) is 11.8 Å². The molecular weight excluding hydrogens is 460 g/mol. The summed E-state index contributed by atoms with van der Waals surface area (Å²) in [5, 5.41) is 5.77. The summed E-state index contributed by atoms with van der Waals surface area (Å²) < 4.78 is 12.1. The fourth-order valence-corrected chi connectivity index (χ4v) is 2.93. The lowest BCUT2D eigenvalue weighted by Gasteiger charge is -2.07. The lowest BCUT2D eigenvalue weighted by molar-refractivity contribution is 0.0907. The molecule has 0 spiro atoms. The highest BCUT2D eigenvalue weighted by Gasteiger charge is 2.12. The molecule has 150 valence electrons. The van der Waals surface area contributed by atoms with Crippen LogP contribution in [0.3, 0.4) is 0 Å². The second kappa shape index (κ2) is 10.1. The van der Waals surface area contributed by atoms with E-state index in [1.165, 1.54) is 0 Å². The molecule has 2 N–H and O–H groups in total. The molecule has 0 aliphatic carbocycles. The standard InChI is InChI=1S/C21H18BrClN2O4/c22-14-5-7-15(8-6-14)28-13-16-9-10-19(29-16)21(27)25-12-11-24-20(26)17-3-1-2-4-18(17)23/h1-10H,11-13H2,(H,24,26)(H,25,27). The van der Waals surface area contributed by atoms with Crippen molar-refractivity contribution in [2.45, 2.75) is 6.61 Å². The van der Waals surface area contributed by atoms with E-state index in [1.807, 2.05) is 24.3 Å². The van der Waals surface area contributed by atoms with Crippen LogP contribution < -0.4 is 15.4 Å². The Morgan fingerprint density at radius 2 is 1.62 bits per heavy atom. The predicted octanol–water partition coefficient (Wildman–Crippen LogP) is 4.43. The van der Waals surface area contributed by atoms with E-state index in [9.17, 15) is 9.59 Å². The summed E-state index contributed by atoms with van der Waals surface area (Å²) in [7, 11) is 0. The number of nitrogens with one attached hydrogen (secondary N) is 2. The Morgan fingerprint density at radius 3 is 2.34 bits per heavy atom. The van der Waals surface area contributed by atoms with Gasteiger partial charge in [-0.1, -0.05) is 39.7 Å². The van der Waals surface area contributed by atoms with Crippen molar-refractivity contribution in [2.75, 3.05) is 13.1 Å². The average molecular weight is 478 g/mol. The summed E-state index contributed by atoms with van der Waals surface area (Å²) in [6.07, 6.45) is 0. The van der Waals surface area contributed by atoms with Crippen LogP contribution in [0, 0.1) is 0 Å². The van der Waals surface area contributed by atoms with Crippen LogP contribution in [0.15, 0.2) is 69.6 Å². The molecule has 0 saturated heterocycles. The second-order valence-electron chi connectivity index (χ2n) is 6.00. The number of ether oxygens (including phenoxy) is 1. The smallest absolute Gasteiger partial charge is 0.287 e. The van der Waals surface area contributed by atoms with Crippen LogP contribution in [0.2, 0.25) is 5.02 Å². The number of carbonyl (C=O) groups excluding carboxylic acids is 2. The van der Waals surface area contributed by atoms with Gasteiger partial charge in [0.05, 0.1) is 10.6 Å². The molecule has 0 fully saturated rings. The van der Waals surface area contributed by atoms with E-state index in [-0.39, 0.29) is 37.3 Å². The SMILES string of the molecule is O=C(NCCNC(=O)c1ccccc1Cl)c1ccc(COc2ccc(Br)cc2)o1. The van der Waals surface area contributed by atoms with E-state index in [1.54, 1.807) is 36.4 Å². The maximum Gasteiger partial charge on any atom is 0.287 e. The van der Waals surface area contributed by atoms with Gasteiger partial charge < -0.3 is 19.8 Å². The molecule has 0 saturated carbocycles. The van der Waals surface area contributed by atoms with Crippen LogP contribution in [-0.4, -0.2) is 24.9 Å². The molecule has 6 nitrogen and oxygen atoms in total. The first-order chi connectivity index (χ1) is 14.0. The maximum absolute atomic E-state index is 12.2. The molecule has 0 unspecified atom stereocenters. The molecule has 3 aromatic rings. The second-order valence-corrected chi connectivity index (χ2v) is 7.32. The van der Waals surface area contributed by atoms with Gasteiger partial charge in [-0.3, -0.25) is 9.59 Å². The number of halogens is 2. The highest BCUT2D eigenvalue weighted by Crippen LogP contribution is 2.18. The number of carbonyl (C=O) groups is 2. The summed E-state index contributed by atoms with van der Waals surface area (Å²) in [6, 6.07) is 17.4. The average Bonchev–Trinajstić information content (AvgIpc) is 3.20. The quantitative estimate of drug-likeness (QED) is 0.470. The number of furan rings is 1. The van der Waals surface area contributed by atoms with E-state index in [2.05, 4.69) is 26.6 Å². The van der Waals surface area contributed by atoms with Crippen LogP contribution in [0.5, 0.6) is 5.75 Å². The minimum absolute atomic E-state index is 0.178. The molecule has 0 radical (unpaired) electrons. The van der Waals surface area contributed by atoms with Crippen molar-refractivity contribution in [1.82, 2.24) is 10.6 Å². The Morgan fingerprint density at radius 1 is 0.931 bits per heavy atom. The van der Waals surface area contributed by atoms with Crippen molar-refractivity contribution in [3.8, 4) is 5.75 Å². The molecule has 1 aromatic heterocycles. The summed E-state index contributed by atoms with van der Waals surface area (Å²) >= 11 is 9.34. The topological polar surface area (TPSA) is 80.6 Å². The van der Waals surface area contributed by atoms with Crippen molar-refractivity contribution in [3.05, 3.63) is 87.2 Å². The number of benzene rings is 2. The lowest BCUT2D eigenvalue weighted by Crippen LogP contribution is -2.34. The van der Waals surface area contributed by atoms with Gasteiger partial charge in [-0.2, -0.15) is 0 Å². The molecule has 3 rings (SSSR count). The highest BCUT2D eigenvalue weighted by molar-refractivity contribution is 9.10. The van der Waals surface area contributed by atoms with Gasteiger partial charge in [-0.05, 0) is 48.5 Å². The van der Waals surface area contributed by atoms with Gasteiger partial charge in [0, 0.05) is 17.6 Å². The first-order valence-electron chi connectivity index (χ1n) is 8.81. The fourth-order valence-electron chi connectivity index (χ4n) is 2.44. The van der Waals surface area contributed by atoms with E-state index in [0.717, 1.165) is 4.47 Å². The Hall–Kier alpha value is -2.77. The van der Waals surface area contributed by atoms with Gasteiger partial charge in [-0.25, -0.2) is 0 Å². The van der Waals surface area contributed by atoms with Crippen LogP contribution in [0.4, 0.5) is 0 Å². The zero-order chi connectivity index (χ0) is 20.6. The lowest BCUT2D eigenvalue weighted by atomic mass is 10.2. The molecule has 0 bridgehead atoms. The van der Waals surface area contributed by atoms with Gasteiger partial charge >= 0.3 is 0 Å². The van der Waals surface area contributed by atoms with Crippen molar-refractivity contribution in [2.24, 2.45) is 0 Å². The van der Waals surface area contributed by atoms with Gasteiger partial charge in [0.1, 0.15) is 18.1 Å². The van der Waals surface area contributed by atoms with Crippen molar-refractivity contribution in [3.63, 3.8) is 0 Å². The van der Waals surface area contributed by atoms with Crippen molar-refractivity contribution < 1.29 is 18.7 Å². The monoisotopic (exact) mass is 476 g/mol. The third-order valence-corrected chi connectivity index (χ3v) is 4.75. The number of rotatable bonds is 8. The zero-order valence-electron chi connectivity index (χ0n) is 15.3. The fraction of sp³-hybridized carbons (Fsp3) is 0.143. The molecule has 0 atom stereocenters. The normalized spacial score (nSPS) is 10.4. The van der Waals surface area contributed by atoms with Crippen LogP contribution in [-0.2, 0) is 6.61 Å². The molecule has 8 heteroatoms. The number of hydrogen-bond donors (Lipinski definition) is 2. The highest BCUT2D eigenvalue weighted by atomic mass is 79.9. The van der Waals surface area contributed by atoms with Crippen molar-refractivity contribution >= 4 is 39.3 Å². The van der Waals surface area contributed by atoms with Gasteiger partial charge in [0.15, 0.2) is 5.76 Å². The predicted molar refractivity (Wildman–Crippen MR) is 113 cm³/mol. The third kappa shape index (κ3) is 6.10. The van der Waals surface area contributed by atoms with Crippen LogP contribution in [0.1, 0.15) is 26.7 Å². The van der Waals surface area contributed by atoms with E-state index in [0.29, 0.717) is 22.1 Å². The largest absolute Gasteiger partial charge is 0.486 e. The molecule has 29 heavy (non-hydrogen) atoms. The molecule has 0 aliphatic rings. The Kier molecular flexibility index (Phi) is 7.32. The maximum atomic E-state index is 12.2. The molecule has 2 aromatic carbocycles. The minimum atomic E-state index is -0.369. The van der Waals surface area contributed by atoms with Crippen molar-refractivity contribution in [1.29, 1.82) is 0 Å². The number of hydrogen-bond acceptors (Lipinski definition) is 4. The molecular formula is C21H18BrClN2O4. The van der Waals surface area contributed by atoms with Crippen LogP contribution >= 0.6 is 27.5 Å². The number of amides is 2. The first kappa shape index (κ1) is 21.0. The minimum Gasteiger partial charge on any atom is -0.486 e. The third-order valence-electron chi connectivity index (χ3n) is 3.89. The van der Waals surface area contributed by atoms with Gasteiger partial charge in [0.2, 0.25) is 0 Å². The Bertz CT molecular complexity index is 988. The summed E-state index contributed by atoms with van der Waals surface area (Å²) in [5.41, 5.74) is 0.391. The first-order valence-corrected chi connectivity index (χ1v) is 9.98. The molecule has 2 amide bonds. The summed E-state index contributed by atoms with van der Waals surface area (Å²) in [6.45, 7) is 0.722. The summed E-state index contributed by atoms with van der Waals surface area (Å²) in [5.74, 6) is 0.744. The summed E-state index contributed by atoms with van der Waals surface area (Å²) in [4.78, 5) is 24.2. The van der Waals surface area contributed by atoms with E-state index in [4.69, 9.17) is 20.8 Å². The Labute approximate surface area is 181 Å². The van der Waals surface area contributed by atoms with E-state index >= 15 is 0 Å². The molecule has 1 heterocycles. The Balaban J connectivity index is 1.41. The van der Waals surface area contributed by atoms with E-state index < -0.39 is 0 Å².